The van der Waals surface area contributed by atoms with E-state index in [1.54, 1.807) is 13.8 Å². The molecule has 5 heteroatoms. The van der Waals surface area contributed by atoms with Crippen LogP contribution in [0.25, 0.3) is 0 Å². The van der Waals surface area contributed by atoms with Gasteiger partial charge in [0.1, 0.15) is 0 Å². The number of hydrogen-bond acceptors (Lipinski definition) is 1. The van der Waals surface area contributed by atoms with Crippen molar-refractivity contribution < 1.29 is 18.0 Å². The van der Waals surface area contributed by atoms with Gasteiger partial charge in [-0.25, -0.2) is 13.2 Å². The molecule has 0 bridgehead atoms. The van der Waals surface area contributed by atoms with Crippen molar-refractivity contribution >= 4 is 5.91 Å². The topological polar surface area (TPSA) is 29.1 Å². The van der Waals surface area contributed by atoms with Crippen LogP contribution in [-0.2, 0) is 0 Å². The number of nitrogens with one attached hydrogen (secondary N) is 1. The summed E-state index contributed by atoms with van der Waals surface area (Å²) in [5.74, 6) is -5.17. The zero-order valence-electron chi connectivity index (χ0n) is 8.27. The normalized spacial score (nSPS) is 10.5. The van der Waals surface area contributed by atoms with Crippen LogP contribution in [0.1, 0.15) is 24.2 Å². The highest BCUT2D eigenvalue weighted by Crippen LogP contribution is 2.15. The maximum atomic E-state index is 13.1. The van der Waals surface area contributed by atoms with Crippen LogP contribution in [0.15, 0.2) is 12.1 Å². The molecule has 0 saturated carbocycles. The lowest BCUT2D eigenvalue weighted by atomic mass is 10.1. The van der Waals surface area contributed by atoms with Crippen molar-refractivity contribution in [2.75, 3.05) is 0 Å². The second-order valence-electron chi connectivity index (χ2n) is 3.35. The molecular weight excluding hydrogens is 207 g/mol. The molecule has 0 aliphatic carbocycles. The summed E-state index contributed by atoms with van der Waals surface area (Å²) in [5, 5.41) is 2.38. The largest absolute Gasteiger partial charge is 0.350 e. The minimum absolute atomic E-state index is 0.204. The quantitative estimate of drug-likeness (QED) is 0.756. The number of carbonyl (C=O) groups is 1. The van der Waals surface area contributed by atoms with Crippen LogP contribution in [0.3, 0.4) is 0 Å². The summed E-state index contributed by atoms with van der Waals surface area (Å²) >= 11 is 0. The average Bonchev–Trinajstić information content (AvgIpc) is 2.13. The molecule has 1 N–H and O–H groups in total. The van der Waals surface area contributed by atoms with E-state index in [1.807, 2.05) is 0 Å². The molecule has 0 spiro atoms. The molecule has 1 amide bonds. The van der Waals surface area contributed by atoms with Gasteiger partial charge in [-0.1, -0.05) is 0 Å². The minimum atomic E-state index is -1.63. The second kappa shape index (κ2) is 4.33. The first-order valence-corrected chi connectivity index (χ1v) is 4.38. The number of carbonyl (C=O) groups excluding carboxylic acids is 1. The smallest absolute Gasteiger partial charge is 0.254 e. The molecule has 1 rings (SSSR count). The van der Waals surface area contributed by atoms with Crippen LogP contribution in [0, 0.1) is 17.5 Å². The monoisotopic (exact) mass is 217 g/mol. The fourth-order valence-corrected chi connectivity index (χ4v) is 1.04. The van der Waals surface area contributed by atoms with Crippen LogP contribution >= 0.6 is 0 Å². The van der Waals surface area contributed by atoms with E-state index in [2.05, 4.69) is 5.32 Å². The Hall–Kier alpha value is -1.52. The summed E-state index contributed by atoms with van der Waals surface area (Å²) in [4.78, 5) is 11.3. The molecule has 0 atom stereocenters. The van der Waals surface area contributed by atoms with Crippen molar-refractivity contribution in [1.29, 1.82) is 0 Å². The highest BCUT2D eigenvalue weighted by molar-refractivity contribution is 5.94. The Morgan fingerprint density at radius 2 is 1.80 bits per heavy atom. The van der Waals surface area contributed by atoms with Gasteiger partial charge in [-0.05, 0) is 26.0 Å². The van der Waals surface area contributed by atoms with Gasteiger partial charge in [0.05, 0.1) is 5.56 Å². The third-order valence-electron chi connectivity index (χ3n) is 1.70. The Morgan fingerprint density at radius 3 is 2.33 bits per heavy atom. The van der Waals surface area contributed by atoms with Gasteiger partial charge in [-0.3, -0.25) is 4.79 Å². The van der Waals surface area contributed by atoms with Gasteiger partial charge in [-0.2, -0.15) is 0 Å². The molecule has 0 radical (unpaired) electrons. The zero-order valence-corrected chi connectivity index (χ0v) is 8.27. The van der Waals surface area contributed by atoms with Gasteiger partial charge in [0.15, 0.2) is 17.5 Å². The fraction of sp³-hybridized carbons (Fsp3) is 0.300. The lowest BCUT2D eigenvalue weighted by Crippen LogP contribution is -2.31. The van der Waals surface area contributed by atoms with Gasteiger partial charge < -0.3 is 5.32 Å². The van der Waals surface area contributed by atoms with Crippen LogP contribution in [0.2, 0.25) is 0 Å². The van der Waals surface area contributed by atoms with E-state index in [0.717, 1.165) is 6.07 Å². The molecule has 82 valence electrons. The van der Waals surface area contributed by atoms with Crippen LogP contribution in [0.4, 0.5) is 13.2 Å². The van der Waals surface area contributed by atoms with E-state index < -0.39 is 28.9 Å². The Balaban J connectivity index is 3.06. The molecular formula is C10H10F3NO. The average molecular weight is 217 g/mol. The van der Waals surface area contributed by atoms with E-state index in [-0.39, 0.29) is 6.04 Å². The van der Waals surface area contributed by atoms with Crippen LogP contribution < -0.4 is 5.32 Å². The van der Waals surface area contributed by atoms with Gasteiger partial charge in [0.2, 0.25) is 0 Å². The molecule has 0 aliphatic heterocycles. The van der Waals surface area contributed by atoms with Crippen molar-refractivity contribution in [2.24, 2.45) is 0 Å². The van der Waals surface area contributed by atoms with Crippen molar-refractivity contribution in [3.05, 3.63) is 35.1 Å². The van der Waals surface area contributed by atoms with E-state index in [9.17, 15) is 18.0 Å². The van der Waals surface area contributed by atoms with Gasteiger partial charge in [0.25, 0.3) is 5.91 Å². The van der Waals surface area contributed by atoms with Gasteiger partial charge >= 0.3 is 0 Å². The lowest BCUT2D eigenvalue weighted by molar-refractivity contribution is 0.0938. The molecule has 0 aliphatic rings. The third-order valence-corrected chi connectivity index (χ3v) is 1.70. The van der Waals surface area contributed by atoms with E-state index in [4.69, 9.17) is 0 Å². The summed E-state index contributed by atoms with van der Waals surface area (Å²) in [6.07, 6.45) is 0. The number of hydrogen-bond donors (Lipinski definition) is 1. The Labute approximate surface area is 85.1 Å². The summed E-state index contributed by atoms with van der Waals surface area (Å²) in [5.41, 5.74) is -0.498. The van der Waals surface area contributed by atoms with Gasteiger partial charge in [0, 0.05) is 6.04 Å². The number of rotatable bonds is 2. The third kappa shape index (κ3) is 2.49. The molecule has 2 nitrogen and oxygen atoms in total. The fourth-order valence-electron chi connectivity index (χ4n) is 1.04. The highest BCUT2D eigenvalue weighted by Gasteiger charge is 2.18. The molecule has 0 saturated heterocycles. The predicted octanol–water partition coefficient (Wildman–Crippen LogP) is 2.24. The molecule has 0 fully saturated rings. The Morgan fingerprint density at radius 1 is 1.20 bits per heavy atom. The summed E-state index contributed by atoms with van der Waals surface area (Å²) in [6, 6.07) is 1.42. The van der Waals surface area contributed by atoms with Crippen molar-refractivity contribution in [3.8, 4) is 0 Å². The number of benzene rings is 1. The molecule has 0 unspecified atom stereocenters. The second-order valence-corrected chi connectivity index (χ2v) is 3.35. The number of amides is 1. The zero-order chi connectivity index (χ0) is 11.6. The maximum Gasteiger partial charge on any atom is 0.254 e. The number of halogens is 3. The van der Waals surface area contributed by atoms with Crippen LogP contribution in [0.5, 0.6) is 0 Å². The Bertz CT molecular complexity index is 390. The van der Waals surface area contributed by atoms with Crippen LogP contribution in [-0.4, -0.2) is 11.9 Å². The lowest BCUT2D eigenvalue weighted by Gasteiger charge is -2.09. The maximum absolute atomic E-state index is 13.1. The molecule has 1 aromatic carbocycles. The van der Waals surface area contributed by atoms with Crippen molar-refractivity contribution in [2.45, 2.75) is 19.9 Å². The molecule has 1 aromatic rings. The SMILES string of the molecule is CC(C)NC(=O)c1ccc(F)c(F)c1F. The van der Waals surface area contributed by atoms with Crippen molar-refractivity contribution in [3.63, 3.8) is 0 Å². The van der Waals surface area contributed by atoms with E-state index in [0.29, 0.717) is 6.07 Å². The highest BCUT2D eigenvalue weighted by atomic mass is 19.2. The van der Waals surface area contributed by atoms with E-state index >= 15 is 0 Å². The summed E-state index contributed by atoms with van der Waals surface area (Å²) in [6.45, 7) is 3.35. The minimum Gasteiger partial charge on any atom is -0.350 e. The Kier molecular flexibility index (Phi) is 3.34. The van der Waals surface area contributed by atoms with E-state index in [1.165, 1.54) is 0 Å². The standard InChI is InChI=1S/C10H10F3NO/c1-5(2)14-10(15)6-3-4-7(11)9(13)8(6)12/h3-5H,1-2H3,(H,14,15). The first-order valence-electron chi connectivity index (χ1n) is 4.38. The molecule has 0 heterocycles. The summed E-state index contributed by atoms with van der Waals surface area (Å²) < 4.78 is 38.4. The molecule has 0 aromatic heterocycles. The molecule has 15 heavy (non-hydrogen) atoms. The van der Waals surface area contributed by atoms with Gasteiger partial charge in [-0.15, -0.1) is 0 Å². The summed E-state index contributed by atoms with van der Waals surface area (Å²) in [7, 11) is 0. The predicted molar refractivity (Wildman–Crippen MR) is 48.9 cm³/mol. The van der Waals surface area contributed by atoms with Crippen molar-refractivity contribution in [1.82, 2.24) is 5.32 Å². The first-order chi connectivity index (χ1) is 6.93. The first kappa shape index (κ1) is 11.6.